The van der Waals surface area contributed by atoms with Crippen LogP contribution in [0.3, 0.4) is 0 Å². The molecule has 3 N–H and O–H groups in total. The summed E-state index contributed by atoms with van der Waals surface area (Å²) in [5.74, 6) is -0.662. The van der Waals surface area contributed by atoms with Crippen molar-refractivity contribution < 1.29 is 28.6 Å². The van der Waals surface area contributed by atoms with Crippen molar-refractivity contribution in [3.05, 3.63) is 46.3 Å². The number of H-pyrrole nitrogens is 1. The largest absolute Gasteiger partial charge is 0.493 e. The molecule has 2 aromatic rings. The number of aryl methyl sites for hydroxylation is 1. The minimum Gasteiger partial charge on any atom is -0.493 e. The van der Waals surface area contributed by atoms with Gasteiger partial charge in [0.2, 0.25) is 0 Å². The maximum atomic E-state index is 12.5. The molecule has 0 saturated carbocycles. The highest BCUT2D eigenvalue weighted by Gasteiger charge is 2.23. The summed E-state index contributed by atoms with van der Waals surface area (Å²) in [4.78, 5) is 39.9. The van der Waals surface area contributed by atoms with E-state index in [0.717, 1.165) is 12.8 Å². The van der Waals surface area contributed by atoms with Gasteiger partial charge in [-0.25, -0.2) is 4.79 Å². The Morgan fingerprint density at radius 1 is 1.03 bits per heavy atom. The maximum Gasteiger partial charge on any atom is 0.340 e. The van der Waals surface area contributed by atoms with Gasteiger partial charge in [-0.15, -0.1) is 0 Å². The Kier molecular flexibility index (Phi) is 8.48. The second-order valence-corrected chi connectivity index (χ2v) is 6.82. The molecule has 9 nitrogen and oxygen atoms in total. The third-order valence-corrected chi connectivity index (χ3v) is 4.61. The summed E-state index contributed by atoms with van der Waals surface area (Å²) in [6.45, 7) is 7.86. The second-order valence-electron chi connectivity index (χ2n) is 6.82. The zero-order chi connectivity index (χ0) is 23.0. The Balaban J connectivity index is 2.06. The van der Waals surface area contributed by atoms with Crippen LogP contribution in [0, 0.1) is 13.8 Å². The van der Waals surface area contributed by atoms with Gasteiger partial charge in [0.1, 0.15) is 5.69 Å². The van der Waals surface area contributed by atoms with E-state index in [1.165, 1.54) is 13.2 Å². The highest BCUT2D eigenvalue weighted by molar-refractivity contribution is 6.02. The third kappa shape index (κ3) is 5.78. The number of nitrogens with one attached hydrogen (secondary N) is 3. The van der Waals surface area contributed by atoms with Gasteiger partial charge >= 0.3 is 5.97 Å². The Bertz CT molecular complexity index is 951. The topological polar surface area (TPSA) is 119 Å². The quantitative estimate of drug-likeness (QED) is 0.319. The normalized spacial score (nSPS) is 10.4. The highest BCUT2D eigenvalue weighted by atomic mass is 16.5. The molecule has 1 aromatic carbocycles. The predicted octanol–water partition coefficient (Wildman–Crippen LogP) is 3.07. The molecule has 9 heteroatoms. The number of carbonyl (C=O) groups is 3. The van der Waals surface area contributed by atoms with E-state index in [1.54, 1.807) is 32.9 Å². The molecular formula is C22H29N3O6. The summed E-state index contributed by atoms with van der Waals surface area (Å²) in [6.07, 6.45) is 1.91. The van der Waals surface area contributed by atoms with Crippen molar-refractivity contribution in [2.24, 2.45) is 0 Å². The zero-order valence-corrected chi connectivity index (χ0v) is 18.5. The van der Waals surface area contributed by atoms with Crippen LogP contribution in [0.4, 0.5) is 0 Å². The van der Waals surface area contributed by atoms with Crippen LogP contribution in [0.15, 0.2) is 18.2 Å². The van der Waals surface area contributed by atoms with Crippen LogP contribution in [0.2, 0.25) is 0 Å². The molecular weight excluding hydrogens is 402 g/mol. The number of unbranched alkanes of at least 4 members (excludes halogenated alkanes) is 1. The van der Waals surface area contributed by atoms with Crippen molar-refractivity contribution in [2.45, 2.75) is 40.5 Å². The average Bonchev–Trinajstić information content (AvgIpc) is 3.06. The molecule has 0 aliphatic carbocycles. The predicted molar refractivity (Wildman–Crippen MR) is 115 cm³/mol. The molecule has 0 atom stereocenters. The number of aromatic nitrogens is 1. The number of benzene rings is 1. The van der Waals surface area contributed by atoms with Gasteiger partial charge < -0.3 is 19.2 Å². The molecule has 0 aliphatic rings. The molecule has 31 heavy (non-hydrogen) atoms. The first-order valence-electron chi connectivity index (χ1n) is 10.1. The van der Waals surface area contributed by atoms with Gasteiger partial charge in [0.25, 0.3) is 11.8 Å². The number of carbonyl (C=O) groups excluding carboxylic acids is 3. The fraction of sp³-hybridized carbons (Fsp3) is 0.409. The van der Waals surface area contributed by atoms with Gasteiger partial charge in [-0.05, 0) is 51.0 Å². The van der Waals surface area contributed by atoms with Crippen molar-refractivity contribution in [3.63, 3.8) is 0 Å². The SMILES string of the molecule is CCCCOc1ccc(C(=O)NNC(=O)c2[nH]c(C)c(C(=O)OCC)c2C)cc1OC. The molecule has 1 aromatic heterocycles. The second kappa shape index (κ2) is 11.1. The summed E-state index contributed by atoms with van der Waals surface area (Å²) in [5.41, 5.74) is 6.42. The smallest absolute Gasteiger partial charge is 0.340 e. The van der Waals surface area contributed by atoms with Crippen LogP contribution in [-0.4, -0.2) is 43.1 Å². The van der Waals surface area contributed by atoms with E-state index < -0.39 is 17.8 Å². The molecule has 168 valence electrons. The number of rotatable bonds is 9. The van der Waals surface area contributed by atoms with Crippen LogP contribution in [0.25, 0.3) is 0 Å². The number of hydrogen-bond donors (Lipinski definition) is 3. The molecule has 0 spiro atoms. The number of aromatic amines is 1. The van der Waals surface area contributed by atoms with E-state index in [-0.39, 0.29) is 17.9 Å². The van der Waals surface area contributed by atoms with Crippen molar-refractivity contribution in [1.29, 1.82) is 0 Å². The molecule has 0 radical (unpaired) electrons. The van der Waals surface area contributed by atoms with Crippen LogP contribution in [0.1, 0.15) is 69.2 Å². The van der Waals surface area contributed by atoms with Gasteiger partial charge in [-0.2, -0.15) is 0 Å². The van der Waals surface area contributed by atoms with E-state index >= 15 is 0 Å². The maximum absolute atomic E-state index is 12.5. The first-order chi connectivity index (χ1) is 14.8. The van der Waals surface area contributed by atoms with Crippen LogP contribution in [-0.2, 0) is 4.74 Å². The van der Waals surface area contributed by atoms with Crippen molar-refractivity contribution >= 4 is 17.8 Å². The van der Waals surface area contributed by atoms with Gasteiger partial charge in [0.05, 0.1) is 25.9 Å². The van der Waals surface area contributed by atoms with Crippen LogP contribution < -0.4 is 20.3 Å². The lowest BCUT2D eigenvalue weighted by atomic mass is 10.1. The summed E-state index contributed by atoms with van der Waals surface area (Å²) in [6, 6.07) is 4.76. The van der Waals surface area contributed by atoms with Gasteiger partial charge in [0.15, 0.2) is 11.5 Å². The summed E-state index contributed by atoms with van der Waals surface area (Å²) in [7, 11) is 1.49. The molecule has 0 aliphatic heterocycles. The van der Waals surface area contributed by atoms with Crippen LogP contribution in [0.5, 0.6) is 11.5 Å². The van der Waals surface area contributed by atoms with Crippen LogP contribution >= 0.6 is 0 Å². The van der Waals surface area contributed by atoms with Crippen molar-refractivity contribution in [1.82, 2.24) is 15.8 Å². The molecule has 2 amide bonds. The molecule has 0 saturated heterocycles. The number of methoxy groups -OCH3 is 1. The Labute approximate surface area is 181 Å². The number of esters is 1. The Morgan fingerprint density at radius 3 is 2.39 bits per heavy atom. The molecule has 2 rings (SSSR count). The van der Waals surface area contributed by atoms with Gasteiger partial charge in [0, 0.05) is 11.3 Å². The highest BCUT2D eigenvalue weighted by Crippen LogP contribution is 2.28. The standard InChI is InChI=1S/C22H29N3O6/c1-6-8-11-31-16-10-9-15(12-17(16)29-5)20(26)24-25-21(27)19-13(3)18(14(4)23-19)22(28)30-7-2/h9-10,12,23H,6-8,11H2,1-5H3,(H,24,26)(H,25,27). The first kappa shape index (κ1) is 23.8. The fourth-order valence-corrected chi connectivity index (χ4v) is 2.99. The van der Waals surface area contributed by atoms with E-state index in [9.17, 15) is 14.4 Å². The van der Waals surface area contributed by atoms with Crippen molar-refractivity contribution in [3.8, 4) is 11.5 Å². The molecule has 0 bridgehead atoms. The lowest BCUT2D eigenvalue weighted by Crippen LogP contribution is -2.42. The number of amides is 2. The molecule has 1 heterocycles. The van der Waals surface area contributed by atoms with Crippen molar-refractivity contribution in [2.75, 3.05) is 20.3 Å². The van der Waals surface area contributed by atoms with E-state index in [1.807, 2.05) is 0 Å². The van der Waals surface area contributed by atoms with E-state index in [2.05, 4.69) is 22.8 Å². The summed E-state index contributed by atoms with van der Waals surface area (Å²) in [5, 5.41) is 0. The molecule has 0 unspecified atom stereocenters. The van der Waals surface area contributed by atoms with E-state index in [0.29, 0.717) is 34.9 Å². The molecule has 0 fully saturated rings. The summed E-state index contributed by atoms with van der Waals surface area (Å²) >= 11 is 0. The first-order valence-corrected chi connectivity index (χ1v) is 10.1. The van der Waals surface area contributed by atoms with Gasteiger partial charge in [-0.3, -0.25) is 20.4 Å². The number of hydrogen-bond acceptors (Lipinski definition) is 6. The zero-order valence-electron chi connectivity index (χ0n) is 18.5. The lowest BCUT2D eigenvalue weighted by molar-refractivity contribution is 0.0524. The fourth-order valence-electron chi connectivity index (χ4n) is 2.99. The monoisotopic (exact) mass is 431 g/mol. The minimum absolute atomic E-state index is 0.165. The Morgan fingerprint density at radius 2 is 1.74 bits per heavy atom. The lowest BCUT2D eigenvalue weighted by Gasteiger charge is -2.12. The Hall–Kier alpha value is -3.49. The summed E-state index contributed by atoms with van der Waals surface area (Å²) < 4.78 is 16.0. The average molecular weight is 431 g/mol. The minimum atomic E-state index is -0.587. The van der Waals surface area contributed by atoms with Gasteiger partial charge in [-0.1, -0.05) is 13.3 Å². The number of ether oxygens (including phenoxy) is 3. The van der Waals surface area contributed by atoms with E-state index in [4.69, 9.17) is 14.2 Å². The number of hydrazine groups is 1. The third-order valence-electron chi connectivity index (χ3n) is 4.61.